The number of nitrogens with one attached hydrogen (secondary N) is 1. The molecule has 0 amide bonds. The van der Waals surface area contributed by atoms with Crippen molar-refractivity contribution in [3.63, 3.8) is 0 Å². The van der Waals surface area contributed by atoms with Crippen molar-refractivity contribution in [2.75, 3.05) is 46.5 Å². The molecule has 5 heteroatoms. The van der Waals surface area contributed by atoms with Crippen LogP contribution in [0.5, 0.6) is 17.2 Å². The van der Waals surface area contributed by atoms with E-state index in [2.05, 4.69) is 10.2 Å². The van der Waals surface area contributed by atoms with Crippen molar-refractivity contribution in [2.45, 2.75) is 19.4 Å². The van der Waals surface area contributed by atoms with Gasteiger partial charge in [-0.25, -0.2) is 0 Å². The molecule has 0 atom stereocenters. The molecule has 3 rings (SSSR count). The molecule has 1 N–H and O–H groups in total. The van der Waals surface area contributed by atoms with Gasteiger partial charge in [0, 0.05) is 19.6 Å². The van der Waals surface area contributed by atoms with Gasteiger partial charge in [0.15, 0.2) is 11.5 Å². The number of likely N-dealkylation sites (tertiary alicyclic amines) is 1. The van der Waals surface area contributed by atoms with Crippen LogP contribution in [0.2, 0.25) is 0 Å². The minimum Gasteiger partial charge on any atom is -0.493 e. The van der Waals surface area contributed by atoms with Crippen LogP contribution in [0.1, 0.15) is 18.4 Å². The van der Waals surface area contributed by atoms with Crippen LogP contribution in [0.25, 0.3) is 0 Å². The van der Waals surface area contributed by atoms with Crippen molar-refractivity contribution >= 4 is 0 Å². The number of ether oxygens (including phenoxy) is 3. The summed E-state index contributed by atoms with van der Waals surface area (Å²) in [7, 11) is 1.66. The molecule has 0 radical (unpaired) electrons. The fraction of sp³-hybridized carbons (Fsp3) is 0.625. The monoisotopic (exact) mass is 292 g/mol. The van der Waals surface area contributed by atoms with Crippen LogP contribution in [0.3, 0.4) is 0 Å². The SMILES string of the molecule is COc1cc(CNCCN2CCCC2)cc2c1OCCO2. The second kappa shape index (κ2) is 7.00. The second-order valence-corrected chi connectivity index (χ2v) is 5.55. The van der Waals surface area contributed by atoms with Crippen LogP contribution in [0, 0.1) is 0 Å². The lowest BCUT2D eigenvalue weighted by Gasteiger charge is -2.21. The fourth-order valence-corrected chi connectivity index (χ4v) is 2.91. The summed E-state index contributed by atoms with van der Waals surface area (Å²) in [4.78, 5) is 2.51. The van der Waals surface area contributed by atoms with Crippen molar-refractivity contribution in [1.82, 2.24) is 10.2 Å². The smallest absolute Gasteiger partial charge is 0.203 e. The van der Waals surface area contributed by atoms with Gasteiger partial charge in [-0.15, -0.1) is 0 Å². The summed E-state index contributed by atoms with van der Waals surface area (Å²) < 4.78 is 16.7. The lowest BCUT2D eigenvalue weighted by molar-refractivity contribution is 0.165. The standard InChI is InChI=1S/C16H24N2O3/c1-19-14-10-13(11-15-16(14)21-9-8-20-15)12-17-4-7-18-5-2-3-6-18/h10-11,17H,2-9,12H2,1H3. The second-order valence-electron chi connectivity index (χ2n) is 5.55. The third kappa shape index (κ3) is 3.60. The maximum absolute atomic E-state index is 5.65. The van der Waals surface area contributed by atoms with Gasteiger partial charge in [0.05, 0.1) is 7.11 Å². The largest absolute Gasteiger partial charge is 0.493 e. The predicted octanol–water partition coefficient (Wildman–Crippen LogP) is 1.65. The molecule has 1 saturated heterocycles. The first kappa shape index (κ1) is 14.5. The molecule has 1 fully saturated rings. The number of hydrogen-bond acceptors (Lipinski definition) is 5. The lowest BCUT2D eigenvalue weighted by Crippen LogP contribution is -2.29. The maximum atomic E-state index is 5.65. The molecule has 2 aliphatic heterocycles. The lowest BCUT2D eigenvalue weighted by atomic mass is 10.1. The summed E-state index contributed by atoms with van der Waals surface area (Å²) in [5.74, 6) is 2.27. The Labute approximate surface area is 126 Å². The summed E-state index contributed by atoms with van der Waals surface area (Å²) in [5.41, 5.74) is 1.16. The molecule has 0 aliphatic carbocycles. The summed E-state index contributed by atoms with van der Waals surface area (Å²) in [6.45, 7) is 6.64. The predicted molar refractivity (Wildman–Crippen MR) is 81.4 cm³/mol. The highest BCUT2D eigenvalue weighted by Crippen LogP contribution is 2.40. The van der Waals surface area contributed by atoms with Crippen LogP contribution < -0.4 is 19.5 Å². The van der Waals surface area contributed by atoms with Gasteiger partial charge in [0.25, 0.3) is 0 Å². The Morgan fingerprint density at radius 1 is 1.19 bits per heavy atom. The molecule has 0 spiro atoms. The van der Waals surface area contributed by atoms with Crippen molar-refractivity contribution in [2.24, 2.45) is 0 Å². The van der Waals surface area contributed by atoms with Crippen molar-refractivity contribution in [3.8, 4) is 17.2 Å². The molecule has 2 heterocycles. The quantitative estimate of drug-likeness (QED) is 0.808. The number of fused-ring (bicyclic) bond motifs is 1. The van der Waals surface area contributed by atoms with Crippen LogP contribution in [-0.2, 0) is 6.54 Å². The summed E-state index contributed by atoms with van der Waals surface area (Å²) in [5, 5.41) is 3.49. The third-order valence-electron chi connectivity index (χ3n) is 4.02. The van der Waals surface area contributed by atoms with Crippen LogP contribution in [-0.4, -0.2) is 51.4 Å². The number of methoxy groups -OCH3 is 1. The van der Waals surface area contributed by atoms with E-state index in [-0.39, 0.29) is 0 Å². The van der Waals surface area contributed by atoms with E-state index in [1.165, 1.54) is 25.9 Å². The number of benzene rings is 1. The number of nitrogens with zero attached hydrogens (tertiary/aromatic N) is 1. The van der Waals surface area contributed by atoms with Crippen LogP contribution in [0.4, 0.5) is 0 Å². The van der Waals surface area contributed by atoms with Gasteiger partial charge >= 0.3 is 0 Å². The van der Waals surface area contributed by atoms with E-state index in [0.717, 1.165) is 42.4 Å². The van der Waals surface area contributed by atoms with Gasteiger partial charge in [-0.1, -0.05) is 0 Å². The normalized spacial score (nSPS) is 18.0. The Kier molecular flexibility index (Phi) is 4.83. The maximum Gasteiger partial charge on any atom is 0.203 e. The first-order valence-electron chi connectivity index (χ1n) is 7.76. The molecule has 0 bridgehead atoms. The molecule has 0 aromatic heterocycles. The summed E-state index contributed by atoms with van der Waals surface area (Å²) >= 11 is 0. The highest BCUT2D eigenvalue weighted by molar-refractivity contribution is 5.54. The third-order valence-corrected chi connectivity index (χ3v) is 4.02. The number of hydrogen-bond donors (Lipinski definition) is 1. The zero-order valence-corrected chi connectivity index (χ0v) is 12.7. The molecule has 0 unspecified atom stereocenters. The van der Waals surface area contributed by atoms with E-state index in [9.17, 15) is 0 Å². The van der Waals surface area contributed by atoms with E-state index < -0.39 is 0 Å². The Bertz CT molecular complexity index is 456. The van der Waals surface area contributed by atoms with Gasteiger partial charge in [-0.05, 0) is 43.6 Å². The molecule has 5 nitrogen and oxygen atoms in total. The van der Waals surface area contributed by atoms with Gasteiger partial charge in [0.1, 0.15) is 13.2 Å². The zero-order valence-electron chi connectivity index (χ0n) is 12.7. The molecule has 1 aromatic rings. The van der Waals surface area contributed by atoms with Crippen molar-refractivity contribution in [3.05, 3.63) is 17.7 Å². The minimum absolute atomic E-state index is 0.580. The van der Waals surface area contributed by atoms with E-state index in [0.29, 0.717) is 13.2 Å². The van der Waals surface area contributed by atoms with E-state index >= 15 is 0 Å². The highest BCUT2D eigenvalue weighted by atomic mass is 16.6. The van der Waals surface area contributed by atoms with Gasteiger partial charge < -0.3 is 24.4 Å². The molecule has 21 heavy (non-hydrogen) atoms. The molecule has 116 valence electrons. The topological polar surface area (TPSA) is 43.0 Å². The first-order valence-corrected chi connectivity index (χ1v) is 7.76. The average molecular weight is 292 g/mol. The molecule has 2 aliphatic rings. The van der Waals surface area contributed by atoms with Crippen molar-refractivity contribution in [1.29, 1.82) is 0 Å². The van der Waals surface area contributed by atoms with Crippen molar-refractivity contribution < 1.29 is 14.2 Å². The Balaban J connectivity index is 1.55. The fourth-order valence-electron chi connectivity index (χ4n) is 2.91. The Hall–Kier alpha value is -1.46. The van der Waals surface area contributed by atoms with E-state index in [1.807, 2.05) is 12.1 Å². The van der Waals surface area contributed by atoms with E-state index in [4.69, 9.17) is 14.2 Å². The Morgan fingerprint density at radius 2 is 2.00 bits per heavy atom. The molecule has 1 aromatic carbocycles. The highest BCUT2D eigenvalue weighted by Gasteiger charge is 2.18. The molecule has 0 saturated carbocycles. The first-order chi connectivity index (χ1) is 10.4. The van der Waals surface area contributed by atoms with Gasteiger partial charge in [0.2, 0.25) is 5.75 Å². The van der Waals surface area contributed by atoms with Crippen LogP contribution in [0.15, 0.2) is 12.1 Å². The van der Waals surface area contributed by atoms with Gasteiger partial charge in [-0.3, -0.25) is 0 Å². The zero-order chi connectivity index (χ0) is 14.5. The van der Waals surface area contributed by atoms with E-state index in [1.54, 1.807) is 7.11 Å². The molecular formula is C16H24N2O3. The summed E-state index contributed by atoms with van der Waals surface area (Å²) in [6, 6.07) is 4.07. The van der Waals surface area contributed by atoms with Crippen LogP contribution >= 0.6 is 0 Å². The number of rotatable bonds is 6. The Morgan fingerprint density at radius 3 is 2.81 bits per heavy atom. The summed E-state index contributed by atoms with van der Waals surface area (Å²) in [6.07, 6.45) is 2.69. The average Bonchev–Trinajstić information content (AvgIpc) is 3.04. The van der Waals surface area contributed by atoms with Gasteiger partial charge in [-0.2, -0.15) is 0 Å². The molecular weight excluding hydrogens is 268 g/mol. The minimum atomic E-state index is 0.580.